The molecule has 0 aliphatic rings. The van der Waals surface area contributed by atoms with Crippen LogP contribution < -0.4 is 15.6 Å². The molecule has 0 radical (unpaired) electrons. The fraction of sp³-hybridized carbons (Fsp3) is 0.227. The Bertz CT molecular complexity index is 1240. The highest BCUT2D eigenvalue weighted by Gasteiger charge is 2.12. The first-order chi connectivity index (χ1) is 14.0. The summed E-state index contributed by atoms with van der Waals surface area (Å²) in [7, 11) is 0. The number of ether oxygens (including phenoxy) is 1. The molecule has 0 aliphatic carbocycles. The predicted octanol–water partition coefficient (Wildman–Crippen LogP) is 3.61. The van der Waals surface area contributed by atoms with Gasteiger partial charge in [-0.05, 0) is 50.2 Å². The van der Waals surface area contributed by atoms with Gasteiger partial charge in [0.15, 0.2) is 0 Å². The number of hydrogen-bond donors (Lipinski definition) is 2. The molecule has 7 nitrogen and oxygen atoms in total. The average molecular weight is 390 g/mol. The van der Waals surface area contributed by atoms with Crippen molar-refractivity contribution in [1.29, 1.82) is 0 Å². The fourth-order valence-electron chi connectivity index (χ4n) is 3.31. The number of aromatic amines is 1. The summed E-state index contributed by atoms with van der Waals surface area (Å²) in [6.45, 7) is 4.76. The van der Waals surface area contributed by atoms with Crippen molar-refractivity contribution >= 4 is 33.5 Å². The standard InChI is InChI=1S/C22H22N4O3/c1-3-29-16-7-5-15(6-8-16)24-19(27)10-11-26-13-23-20-17-12-14(2)4-9-18(17)25-21(20)22(26)28/h4-9,12-13,25H,3,10-11H2,1-2H3,(H,24,27). The van der Waals surface area contributed by atoms with Crippen LogP contribution in [0.1, 0.15) is 18.9 Å². The Morgan fingerprint density at radius 1 is 1.21 bits per heavy atom. The summed E-state index contributed by atoms with van der Waals surface area (Å²) < 4.78 is 6.85. The zero-order chi connectivity index (χ0) is 20.4. The topological polar surface area (TPSA) is 89.0 Å². The number of fused-ring (bicyclic) bond motifs is 3. The Kier molecular flexibility index (Phi) is 5.03. The maximum absolute atomic E-state index is 12.8. The molecule has 4 aromatic rings. The van der Waals surface area contributed by atoms with Gasteiger partial charge in [-0.3, -0.25) is 14.2 Å². The van der Waals surface area contributed by atoms with Crippen LogP contribution in [0.25, 0.3) is 21.9 Å². The van der Waals surface area contributed by atoms with Gasteiger partial charge in [0.1, 0.15) is 16.8 Å². The molecule has 0 spiro atoms. The lowest BCUT2D eigenvalue weighted by atomic mass is 10.2. The highest BCUT2D eigenvalue weighted by molar-refractivity contribution is 6.04. The number of hydrogen-bond acceptors (Lipinski definition) is 4. The van der Waals surface area contributed by atoms with Crippen molar-refractivity contribution in [2.75, 3.05) is 11.9 Å². The number of anilines is 1. The minimum absolute atomic E-state index is 0.166. The molecule has 0 unspecified atom stereocenters. The van der Waals surface area contributed by atoms with Crippen LogP contribution in [0, 0.1) is 6.92 Å². The first-order valence-electron chi connectivity index (χ1n) is 9.55. The van der Waals surface area contributed by atoms with Crippen molar-refractivity contribution in [3.05, 3.63) is 64.7 Å². The molecule has 29 heavy (non-hydrogen) atoms. The van der Waals surface area contributed by atoms with Gasteiger partial charge in [-0.25, -0.2) is 4.98 Å². The van der Waals surface area contributed by atoms with Crippen molar-refractivity contribution in [1.82, 2.24) is 14.5 Å². The number of nitrogens with one attached hydrogen (secondary N) is 2. The molecule has 1 amide bonds. The lowest BCUT2D eigenvalue weighted by Crippen LogP contribution is -2.23. The molecule has 0 saturated heterocycles. The Morgan fingerprint density at radius 3 is 2.76 bits per heavy atom. The van der Waals surface area contributed by atoms with Crippen molar-refractivity contribution < 1.29 is 9.53 Å². The average Bonchev–Trinajstić information content (AvgIpc) is 3.08. The molecule has 0 saturated carbocycles. The first kappa shape index (κ1) is 18.7. The van der Waals surface area contributed by atoms with Crippen molar-refractivity contribution in [2.45, 2.75) is 26.8 Å². The maximum Gasteiger partial charge on any atom is 0.277 e. The van der Waals surface area contributed by atoms with Gasteiger partial charge in [-0.2, -0.15) is 0 Å². The Balaban J connectivity index is 1.47. The van der Waals surface area contributed by atoms with Gasteiger partial charge in [-0.1, -0.05) is 11.6 Å². The van der Waals surface area contributed by atoms with Crippen LogP contribution in [0.4, 0.5) is 5.69 Å². The third kappa shape index (κ3) is 3.85. The SMILES string of the molecule is CCOc1ccc(NC(=O)CCn2cnc3c([nH]c4ccc(C)cc43)c2=O)cc1. The van der Waals surface area contributed by atoms with Gasteiger partial charge >= 0.3 is 0 Å². The second-order valence-corrected chi connectivity index (χ2v) is 6.90. The Morgan fingerprint density at radius 2 is 2.00 bits per heavy atom. The summed E-state index contributed by atoms with van der Waals surface area (Å²) in [6.07, 6.45) is 1.67. The van der Waals surface area contributed by atoms with E-state index in [1.54, 1.807) is 24.3 Å². The summed E-state index contributed by atoms with van der Waals surface area (Å²) in [5, 5.41) is 3.76. The number of aromatic nitrogens is 3. The molecule has 0 aliphatic heterocycles. The molecule has 2 heterocycles. The molecule has 0 fully saturated rings. The number of carbonyl (C=O) groups is 1. The van der Waals surface area contributed by atoms with Crippen LogP contribution >= 0.6 is 0 Å². The van der Waals surface area contributed by atoms with Crippen molar-refractivity contribution in [2.24, 2.45) is 0 Å². The first-order valence-corrected chi connectivity index (χ1v) is 9.55. The molecular formula is C22H22N4O3. The number of rotatable bonds is 6. The van der Waals surface area contributed by atoms with Crippen LogP contribution in [0.15, 0.2) is 53.6 Å². The van der Waals surface area contributed by atoms with E-state index in [1.165, 1.54) is 10.9 Å². The maximum atomic E-state index is 12.8. The van der Waals surface area contributed by atoms with Gasteiger partial charge in [0.2, 0.25) is 5.91 Å². The van der Waals surface area contributed by atoms with Crippen LogP contribution in [0.2, 0.25) is 0 Å². The molecule has 2 N–H and O–H groups in total. The van der Waals surface area contributed by atoms with Gasteiger partial charge in [-0.15, -0.1) is 0 Å². The van der Waals surface area contributed by atoms with Gasteiger partial charge < -0.3 is 15.0 Å². The second-order valence-electron chi connectivity index (χ2n) is 6.90. The van der Waals surface area contributed by atoms with E-state index in [4.69, 9.17) is 4.74 Å². The van der Waals surface area contributed by atoms with Gasteiger partial charge in [0, 0.05) is 29.6 Å². The van der Waals surface area contributed by atoms with E-state index >= 15 is 0 Å². The summed E-state index contributed by atoms with van der Waals surface area (Å²) in [4.78, 5) is 32.7. The monoisotopic (exact) mass is 390 g/mol. The number of nitrogens with zero attached hydrogens (tertiary/aromatic N) is 2. The Labute approximate surface area is 167 Å². The lowest BCUT2D eigenvalue weighted by Gasteiger charge is -2.08. The molecule has 2 aromatic heterocycles. The smallest absolute Gasteiger partial charge is 0.277 e. The molecule has 7 heteroatoms. The number of amides is 1. The van der Waals surface area contributed by atoms with Crippen molar-refractivity contribution in [3.8, 4) is 5.75 Å². The normalized spacial score (nSPS) is 11.1. The summed E-state index contributed by atoms with van der Waals surface area (Å²) in [5.41, 5.74) is 3.60. The van der Waals surface area contributed by atoms with E-state index in [0.717, 1.165) is 22.2 Å². The van der Waals surface area contributed by atoms with E-state index < -0.39 is 0 Å². The molecule has 4 rings (SSSR count). The van der Waals surface area contributed by atoms with Gasteiger partial charge in [0.05, 0.1) is 12.9 Å². The van der Waals surface area contributed by atoms with E-state index in [2.05, 4.69) is 15.3 Å². The second kappa shape index (κ2) is 7.79. The van der Waals surface area contributed by atoms with Crippen LogP contribution in [0.3, 0.4) is 0 Å². The van der Waals surface area contributed by atoms with Crippen LogP contribution in [-0.2, 0) is 11.3 Å². The predicted molar refractivity (Wildman–Crippen MR) is 113 cm³/mol. The zero-order valence-electron chi connectivity index (χ0n) is 16.4. The lowest BCUT2D eigenvalue weighted by molar-refractivity contribution is -0.116. The largest absolute Gasteiger partial charge is 0.494 e. The van der Waals surface area contributed by atoms with Gasteiger partial charge in [0.25, 0.3) is 5.56 Å². The van der Waals surface area contributed by atoms with Crippen LogP contribution in [-0.4, -0.2) is 27.0 Å². The summed E-state index contributed by atoms with van der Waals surface area (Å²) in [6, 6.07) is 13.1. The summed E-state index contributed by atoms with van der Waals surface area (Å²) in [5.74, 6) is 0.582. The number of benzene rings is 2. The summed E-state index contributed by atoms with van der Waals surface area (Å²) >= 11 is 0. The van der Waals surface area contributed by atoms with E-state index in [0.29, 0.717) is 23.3 Å². The van der Waals surface area contributed by atoms with Crippen LogP contribution in [0.5, 0.6) is 5.75 Å². The van der Waals surface area contributed by atoms with Crippen molar-refractivity contribution in [3.63, 3.8) is 0 Å². The van der Waals surface area contributed by atoms with E-state index in [-0.39, 0.29) is 24.4 Å². The number of aryl methyl sites for hydroxylation is 2. The number of H-pyrrole nitrogens is 1. The molecule has 0 bridgehead atoms. The third-order valence-corrected chi connectivity index (χ3v) is 4.76. The quantitative estimate of drug-likeness (QED) is 0.526. The number of carbonyl (C=O) groups excluding carboxylic acids is 1. The highest BCUT2D eigenvalue weighted by Crippen LogP contribution is 2.22. The minimum atomic E-state index is -0.183. The minimum Gasteiger partial charge on any atom is -0.494 e. The third-order valence-electron chi connectivity index (χ3n) is 4.76. The molecule has 0 atom stereocenters. The van der Waals surface area contributed by atoms with E-state index in [9.17, 15) is 9.59 Å². The molecular weight excluding hydrogens is 368 g/mol. The fourth-order valence-corrected chi connectivity index (χ4v) is 3.31. The Hall–Kier alpha value is -3.61. The zero-order valence-corrected chi connectivity index (χ0v) is 16.4. The molecule has 2 aromatic carbocycles. The van der Waals surface area contributed by atoms with E-state index in [1.807, 2.05) is 32.0 Å². The molecule has 148 valence electrons. The highest BCUT2D eigenvalue weighted by atomic mass is 16.5.